The Morgan fingerprint density at radius 2 is 2.10 bits per heavy atom. The van der Waals surface area contributed by atoms with E-state index in [9.17, 15) is 4.79 Å². The Labute approximate surface area is 124 Å². The van der Waals surface area contributed by atoms with E-state index in [1.165, 1.54) is 0 Å². The predicted octanol–water partition coefficient (Wildman–Crippen LogP) is 2.91. The van der Waals surface area contributed by atoms with E-state index in [2.05, 4.69) is 15.6 Å². The molecule has 5 heteroatoms. The van der Waals surface area contributed by atoms with Crippen molar-refractivity contribution >= 4 is 22.6 Å². The molecule has 112 valence electrons. The molecule has 2 aromatic rings. The van der Waals surface area contributed by atoms with Crippen molar-refractivity contribution < 1.29 is 9.90 Å². The van der Waals surface area contributed by atoms with E-state index in [1.807, 2.05) is 44.2 Å². The van der Waals surface area contributed by atoms with Crippen LogP contribution in [0.1, 0.15) is 26.7 Å². The van der Waals surface area contributed by atoms with E-state index in [0.717, 1.165) is 17.3 Å². The molecule has 2 amide bonds. The number of hydrogen-bond acceptors (Lipinski definition) is 3. The second-order valence-electron chi connectivity index (χ2n) is 5.35. The van der Waals surface area contributed by atoms with Gasteiger partial charge >= 0.3 is 6.03 Å². The molecule has 3 N–H and O–H groups in total. The number of hydrogen-bond donors (Lipinski definition) is 3. The van der Waals surface area contributed by atoms with E-state index in [0.29, 0.717) is 12.1 Å². The highest BCUT2D eigenvalue weighted by Crippen LogP contribution is 2.21. The van der Waals surface area contributed by atoms with E-state index in [-0.39, 0.29) is 12.6 Å². The van der Waals surface area contributed by atoms with Gasteiger partial charge in [0.25, 0.3) is 0 Å². The van der Waals surface area contributed by atoms with E-state index >= 15 is 0 Å². The van der Waals surface area contributed by atoms with Crippen LogP contribution in [0.3, 0.4) is 0 Å². The monoisotopic (exact) mass is 287 g/mol. The van der Waals surface area contributed by atoms with Crippen molar-refractivity contribution in [1.29, 1.82) is 0 Å². The summed E-state index contributed by atoms with van der Waals surface area (Å²) < 4.78 is 0. The quantitative estimate of drug-likeness (QED) is 0.791. The summed E-state index contributed by atoms with van der Waals surface area (Å²) in [6.07, 6.45) is 2.97. The zero-order valence-corrected chi connectivity index (χ0v) is 12.4. The van der Waals surface area contributed by atoms with E-state index < -0.39 is 5.54 Å². The Morgan fingerprint density at radius 1 is 1.33 bits per heavy atom. The smallest absolute Gasteiger partial charge is 0.319 e. The van der Waals surface area contributed by atoms with E-state index in [4.69, 9.17) is 5.11 Å². The number of amides is 2. The Kier molecular flexibility index (Phi) is 4.75. The molecule has 21 heavy (non-hydrogen) atoms. The number of nitrogens with one attached hydrogen (secondary N) is 2. The molecule has 0 spiro atoms. The van der Waals surface area contributed by atoms with Crippen LogP contribution in [0.5, 0.6) is 0 Å². The zero-order valence-electron chi connectivity index (χ0n) is 12.4. The van der Waals surface area contributed by atoms with Crippen molar-refractivity contribution in [3.05, 3.63) is 36.5 Å². The first-order valence-corrected chi connectivity index (χ1v) is 7.12. The van der Waals surface area contributed by atoms with Gasteiger partial charge in [-0.1, -0.05) is 25.1 Å². The fraction of sp³-hybridized carbons (Fsp3) is 0.375. The van der Waals surface area contributed by atoms with Crippen molar-refractivity contribution in [1.82, 2.24) is 10.3 Å². The maximum absolute atomic E-state index is 12.2. The summed E-state index contributed by atoms with van der Waals surface area (Å²) in [6, 6.07) is 9.18. The summed E-state index contributed by atoms with van der Waals surface area (Å²) in [5.41, 5.74) is 1.01. The number of rotatable bonds is 5. The molecule has 0 aliphatic heterocycles. The third-order valence-corrected chi connectivity index (χ3v) is 3.74. The molecular weight excluding hydrogens is 266 g/mol. The maximum atomic E-state index is 12.2. The Morgan fingerprint density at radius 3 is 2.81 bits per heavy atom. The van der Waals surface area contributed by atoms with E-state index in [1.54, 1.807) is 6.20 Å². The molecule has 5 nitrogen and oxygen atoms in total. The average molecular weight is 287 g/mol. The number of anilines is 1. The lowest BCUT2D eigenvalue weighted by atomic mass is 9.95. The van der Waals surface area contributed by atoms with Crippen LogP contribution in [0.25, 0.3) is 10.9 Å². The van der Waals surface area contributed by atoms with Gasteiger partial charge in [0.15, 0.2) is 0 Å². The fourth-order valence-electron chi connectivity index (χ4n) is 2.21. The SMILES string of the molecule is CCC(C)(CCO)NC(=O)Nc1cccc2cccnc12. The highest BCUT2D eigenvalue weighted by atomic mass is 16.3. The molecule has 0 aliphatic rings. The van der Waals surface area contributed by atoms with Crippen LogP contribution in [0.15, 0.2) is 36.5 Å². The second-order valence-corrected chi connectivity index (χ2v) is 5.35. The largest absolute Gasteiger partial charge is 0.396 e. The molecule has 0 bridgehead atoms. The lowest BCUT2D eigenvalue weighted by Crippen LogP contribution is -2.48. The van der Waals surface area contributed by atoms with Gasteiger partial charge in [0.05, 0.1) is 11.2 Å². The van der Waals surface area contributed by atoms with Crippen molar-refractivity contribution in [3.63, 3.8) is 0 Å². The Balaban J connectivity index is 2.15. The molecule has 0 saturated heterocycles. The van der Waals surface area contributed by atoms with Crippen LogP contribution in [-0.4, -0.2) is 28.3 Å². The third kappa shape index (κ3) is 3.70. The lowest BCUT2D eigenvalue weighted by Gasteiger charge is -2.29. The van der Waals surface area contributed by atoms with Gasteiger partial charge in [-0.05, 0) is 31.9 Å². The minimum absolute atomic E-state index is 0.0421. The van der Waals surface area contributed by atoms with Crippen LogP contribution >= 0.6 is 0 Å². The zero-order chi connectivity index (χ0) is 15.3. The molecule has 1 unspecified atom stereocenters. The number of para-hydroxylation sites is 1. The molecule has 0 radical (unpaired) electrons. The van der Waals surface area contributed by atoms with Crippen LogP contribution in [-0.2, 0) is 0 Å². The molecule has 0 fully saturated rings. The molecule has 1 aromatic carbocycles. The van der Waals surface area contributed by atoms with Gasteiger partial charge in [-0.3, -0.25) is 4.98 Å². The second kappa shape index (κ2) is 6.54. The summed E-state index contributed by atoms with van der Waals surface area (Å²) in [7, 11) is 0. The summed E-state index contributed by atoms with van der Waals surface area (Å²) in [6.45, 7) is 3.94. The summed E-state index contributed by atoms with van der Waals surface area (Å²) in [5, 5.41) is 15.8. The minimum atomic E-state index is -0.420. The van der Waals surface area contributed by atoms with Crippen LogP contribution in [0.2, 0.25) is 0 Å². The van der Waals surface area contributed by atoms with Crippen molar-refractivity contribution in [2.75, 3.05) is 11.9 Å². The molecule has 0 saturated carbocycles. The fourth-order valence-corrected chi connectivity index (χ4v) is 2.21. The number of benzene rings is 1. The molecule has 1 heterocycles. The van der Waals surface area contributed by atoms with Gasteiger partial charge < -0.3 is 15.7 Å². The standard InChI is InChI=1S/C16H21N3O2/c1-3-16(2,9-11-20)19-15(21)18-13-8-4-6-12-7-5-10-17-14(12)13/h4-8,10,20H,3,9,11H2,1-2H3,(H2,18,19,21). The van der Waals surface area contributed by atoms with Gasteiger partial charge in [-0.2, -0.15) is 0 Å². The Hall–Kier alpha value is -2.14. The maximum Gasteiger partial charge on any atom is 0.319 e. The van der Waals surface area contributed by atoms with Crippen LogP contribution in [0.4, 0.5) is 10.5 Å². The highest BCUT2D eigenvalue weighted by molar-refractivity contribution is 5.99. The van der Waals surface area contributed by atoms with Crippen molar-refractivity contribution in [2.45, 2.75) is 32.2 Å². The average Bonchev–Trinajstić information content (AvgIpc) is 2.48. The number of aliphatic hydroxyl groups excluding tert-OH is 1. The number of carbonyl (C=O) groups is 1. The number of pyridine rings is 1. The first kappa shape index (κ1) is 15.3. The Bertz CT molecular complexity index is 624. The predicted molar refractivity (Wildman–Crippen MR) is 84.3 cm³/mol. The number of fused-ring (bicyclic) bond motifs is 1. The van der Waals surface area contributed by atoms with Gasteiger partial charge in [-0.15, -0.1) is 0 Å². The molecule has 1 atom stereocenters. The van der Waals surface area contributed by atoms with Gasteiger partial charge in [0.1, 0.15) is 0 Å². The molecular formula is C16H21N3O2. The summed E-state index contributed by atoms with van der Waals surface area (Å²) >= 11 is 0. The van der Waals surface area contributed by atoms with Crippen molar-refractivity contribution in [3.8, 4) is 0 Å². The molecule has 1 aromatic heterocycles. The van der Waals surface area contributed by atoms with Gasteiger partial charge in [0.2, 0.25) is 0 Å². The third-order valence-electron chi connectivity index (χ3n) is 3.74. The van der Waals surface area contributed by atoms with Gasteiger partial charge in [0, 0.05) is 23.7 Å². The van der Waals surface area contributed by atoms with Crippen molar-refractivity contribution in [2.24, 2.45) is 0 Å². The summed E-state index contributed by atoms with van der Waals surface area (Å²) in [4.78, 5) is 16.5. The van der Waals surface area contributed by atoms with Gasteiger partial charge in [-0.25, -0.2) is 4.79 Å². The van der Waals surface area contributed by atoms with Crippen LogP contribution in [0, 0.1) is 0 Å². The number of aliphatic hydroxyl groups is 1. The topological polar surface area (TPSA) is 74.2 Å². The lowest BCUT2D eigenvalue weighted by molar-refractivity contribution is 0.208. The normalized spacial score (nSPS) is 13.7. The minimum Gasteiger partial charge on any atom is -0.396 e. The molecule has 0 aliphatic carbocycles. The highest BCUT2D eigenvalue weighted by Gasteiger charge is 2.23. The number of aromatic nitrogens is 1. The number of urea groups is 1. The first-order chi connectivity index (χ1) is 10.1. The summed E-state index contributed by atoms with van der Waals surface area (Å²) in [5.74, 6) is 0. The number of carbonyl (C=O) groups excluding carboxylic acids is 1. The van der Waals surface area contributed by atoms with Crippen LogP contribution < -0.4 is 10.6 Å². The first-order valence-electron chi connectivity index (χ1n) is 7.12. The number of nitrogens with zero attached hydrogens (tertiary/aromatic N) is 1. The molecule has 2 rings (SSSR count).